The van der Waals surface area contributed by atoms with E-state index < -0.39 is 11.7 Å². The number of carbonyl (C=O) groups is 1. The number of nitrogens with one attached hydrogen (secondary N) is 1. The number of aromatic nitrogens is 2. The standard InChI is InChI=1S/C17H21F3N4O/c1-4-24-15(12-6-5-7-13(10-12)17(18,19)20)11-14(22-24)16(25)21-8-9-23(2)3/h5-7,10-11H,4,8-9H2,1-3H3,(H,21,25). The smallest absolute Gasteiger partial charge is 0.349 e. The van der Waals surface area contributed by atoms with Gasteiger partial charge in [0.05, 0.1) is 11.3 Å². The molecule has 1 aromatic heterocycles. The first-order valence-corrected chi connectivity index (χ1v) is 7.90. The second-order valence-corrected chi connectivity index (χ2v) is 5.87. The third kappa shape index (κ3) is 4.82. The fraction of sp³-hybridized carbons (Fsp3) is 0.412. The van der Waals surface area contributed by atoms with Crippen LogP contribution in [-0.2, 0) is 12.7 Å². The van der Waals surface area contributed by atoms with Crippen molar-refractivity contribution in [2.24, 2.45) is 0 Å². The van der Waals surface area contributed by atoms with Crippen molar-refractivity contribution in [3.05, 3.63) is 41.6 Å². The molecule has 0 unspecified atom stereocenters. The highest BCUT2D eigenvalue weighted by Crippen LogP contribution is 2.32. The van der Waals surface area contributed by atoms with Crippen molar-refractivity contribution in [2.45, 2.75) is 19.6 Å². The van der Waals surface area contributed by atoms with Gasteiger partial charge in [0.2, 0.25) is 0 Å². The lowest BCUT2D eigenvalue weighted by Crippen LogP contribution is -2.31. The summed E-state index contributed by atoms with van der Waals surface area (Å²) in [5, 5.41) is 6.95. The molecule has 1 amide bonds. The predicted molar refractivity (Wildman–Crippen MR) is 89.2 cm³/mol. The molecule has 136 valence electrons. The molecule has 1 N–H and O–H groups in total. The molecule has 0 fully saturated rings. The summed E-state index contributed by atoms with van der Waals surface area (Å²) in [6.45, 7) is 3.40. The number of alkyl halides is 3. The van der Waals surface area contributed by atoms with E-state index in [0.29, 0.717) is 30.9 Å². The van der Waals surface area contributed by atoms with Gasteiger partial charge in [-0.05, 0) is 39.2 Å². The molecule has 8 heteroatoms. The summed E-state index contributed by atoms with van der Waals surface area (Å²) in [5.74, 6) is -0.345. The molecular formula is C17H21F3N4O. The van der Waals surface area contributed by atoms with Crippen molar-refractivity contribution < 1.29 is 18.0 Å². The Labute approximate surface area is 144 Å². The number of halogens is 3. The summed E-state index contributed by atoms with van der Waals surface area (Å²) in [5.41, 5.74) is 0.307. The number of nitrogens with zero attached hydrogens (tertiary/aromatic N) is 3. The summed E-state index contributed by atoms with van der Waals surface area (Å²) in [6, 6.07) is 6.53. The second kappa shape index (κ2) is 7.69. The molecule has 1 heterocycles. The van der Waals surface area contributed by atoms with Crippen LogP contribution in [0.5, 0.6) is 0 Å². The molecule has 0 aliphatic rings. The quantitative estimate of drug-likeness (QED) is 0.868. The zero-order valence-corrected chi connectivity index (χ0v) is 14.4. The van der Waals surface area contributed by atoms with Gasteiger partial charge in [-0.3, -0.25) is 9.48 Å². The van der Waals surface area contributed by atoms with Crippen molar-refractivity contribution in [3.63, 3.8) is 0 Å². The van der Waals surface area contributed by atoms with E-state index in [0.717, 1.165) is 12.1 Å². The van der Waals surface area contributed by atoms with Crippen LogP contribution in [0.25, 0.3) is 11.3 Å². The maximum absolute atomic E-state index is 12.9. The van der Waals surface area contributed by atoms with Crippen LogP contribution in [0, 0.1) is 0 Å². The van der Waals surface area contributed by atoms with E-state index in [-0.39, 0.29) is 11.6 Å². The van der Waals surface area contributed by atoms with Gasteiger partial charge in [-0.1, -0.05) is 12.1 Å². The summed E-state index contributed by atoms with van der Waals surface area (Å²) < 4.78 is 40.3. The van der Waals surface area contributed by atoms with E-state index in [1.54, 1.807) is 6.07 Å². The van der Waals surface area contributed by atoms with Gasteiger partial charge in [-0.15, -0.1) is 0 Å². The Morgan fingerprint density at radius 3 is 2.60 bits per heavy atom. The van der Waals surface area contributed by atoms with Crippen LogP contribution < -0.4 is 5.32 Å². The van der Waals surface area contributed by atoms with Gasteiger partial charge < -0.3 is 10.2 Å². The van der Waals surface area contributed by atoms with Crippen molar-refractivity contribution in [1.29, 1.82) is 0 Å². The first kappa shape index (κ1) is 19.0. The van der Waals surface area contributed by atoms with Gasteiger partial charge >= 0.3 is 6.18 Å². The van der Waals surface area contributed by atoms with Crippen molar-refractivity contribution >= 4 is 5.91 Å². The molecule has 0 radical (unpaired) electrons. The van der Waals surface area contributed by atoms with Crippen LogP contribution in [0.3, 0.4) is 0 Å². The lowest BCUT2D eigenvalue weighted by atomic mass is 10.1. The average molecular weight is 354 g/mol. The predicted octanol–water partition coefficient (Wildman–Crippen LogP) is 2.88. The number of rotatable bonds is 6. The van der Waals surface area contributed by atoms with Gasteiger partial charge in [0.25, 0.3) is 5.91 Å². The second-order valence-electron chi connectivity index (χ2n) is 5.87. The van der Waals surface area contributed by atoms with E-state index >= 15 is 0 Å². The van der Waals surface area contributed by atoms with Gasteiger partial charge in [-0.2, -0.15) is 18.3 Å². The Morgan fingerprint density at radius 2 is 2.00 bits per heavy atom. The van der Waals surface area contributed by atoms with Crippen molar-refractivity contribution in [2.75, 3.05) is 27.2 Å². The molecule has 0 aliphatic heterocycles. The van der Waals surface area contributed by atoms with E-state index in [1.165, 1.54) is 16.8 Å². The normalized spacial score (nSPS) is 11.8. The molecule has 0 atom stereocenters. The molecule has 5 nitrogen and oxygen atoms in total. The minimum atomic E-state index is -4.42. The molecule has 0 spiro atoms. The van der Waals surface area contributed by atoms with Crippen molar-refractivity contribution in [1.82, 2.24) is 20.0 Å². The van der Waals surface area contributed by atoms with Gasteiger partial charge in [0.1, 0.15) is 0 Å². The zero-order valence-electron chi connectivity index (χ0n) is 14.4. The molecular weight excluding hydrogens is 333 g/mol. The van der Waals surface area contributed by atoms with Crippen LogP contribution in [0.2, 0.25) is 0 Å². The van der Waals surface area contributed by atoms with Crippen LogP contribution in [0.4, 0.5) is 13.2 Å². The number of amides is 1. The first-order valence-electron chi connectivity index (χ1n) is 7.90. The number of carbonyl (C=O) groups excluding carboxylic acids is 1. The van der Waals surface area contributed by atoms with Crippen LogP contribution in [0.1, 0.15) is 23.0 Å². The topological polar surface area (TPSA) is 50.2 Å². The number of hydrogen-bond acceptors (Lipinski definition) is 3. The third-order valence-electron chi connectivity index (χ3n) is 3.64. The third-order valence-corrected chi connectivity index (χ3v) is 3.64. The molecule has 2 aromatic rings. The Hall–Kier alpha value is -2.35. The monoisotopic (exact) mass is 354 g/mol. The van der Waals surface area contributed by atoms with Gasteiger partial charge in [0, 0.05) is 25.2 Å². The summed E-state index contributed by atoms with van der Waals surface area (Å²) in [6.07, 6.45) is -4.42. The average Bonchev–Trinajstić information content (AvgIpc) is 2.98. The summed E-state index contributed by atoms with van der Waals surface area (Å²) in [7, 11) is 3.79. The molecule has 0 aliphatic carbocycles. The van der Waals surface area contributed by atoms with E-state index in [2.05, 4.69) is 10.4 Å². The zero-order chi connectivity index (χ0) is 18.6. The van der Waals surface area contributed by atoms with Crippen LogP contribution >= 0.6 is 0 Å². The fourth-order valence-corrected chi connectivity index (χ4v) is 2.34. The SMILES string of the molecule is CCn1nc(C(=O)NCCN(C)C)cc1-c1cccc(C(F)(F)F)c1. The first-order chi connectivity index (χ1) is 11.7. The minimum Gasteiger partial charge on any atom is -0.349 e. The molecule has 0 saturated carbocycles. The number of hydrogen-bond donors (Lipinski definition) is 1. The summed E-state index contributed by atoms with van der Waals surface area (Å²) in [4.78, 5) is 14.1. The Bertz CT molecular complexity index is 738. The highest BCUT2D eigenvalue weighted by Gasteiger charge is 2.30. The van der Waals surface area contributed by atoms with Crippen LogP contribution in [-0.4, -0.2) is 47.8 Å². The Kier molecular flexibility index (Phi) is 5.84. The highest BCUT2D eigenvalue weighted by atomic mass is 19.4. The van der Waals surface area contributed by atoms with E-state index in [1.807, 2.05) is 25.9 Å². The number of benzene rings is 1. The Morgan fingerprint density at radius 1 is 1.28 bits per heavy atom. The molecule has 25 heavy (non-hydrogen) atoms. The van der Waals surface area contributed by atoms with Gasteiger partial charge in [-0.25, -0.2) is 0 Å². The van der Waals surface area contributed by atoms with E-state index in [4.69, 9.17) is 0 Å². The molecule has 1 aromatic carbocycles. The lowest BCUT2D eigenvalue weighted by molar-refractivity contribution is -0.137. The minimum absolute atomic E-state index is 0.188. The molecule has 0 bridgehead atoms. The maximum atomic E-state index is 12.9. The molecule has 0 saturated heterocycles. The number of aryl methyl sites for hydroxylation is 1. The van der Waals surface area contributed by atoms with Crippen LogP contribution in [0.15, 0.2) is 30.3 Å². The van der Waals surface area contributed by atoms with Crippen molar-refractivity contribution in [3.8, 4) is 11.3 Å². The molecule has 2 rings (SSSR count). The summed E-state index contributed by atoms with van der Waals surface area (Å²) >= 11 is 0. The largest absolute Gasteiger partial charge is 0.416 e. The number of likely N-dealkylation sites (N-methyl/N-ethyl adjacent to an activating group) is 1. The fourth-order valence-electron chi connectivity index (χ4n) is 2.34. The maximum Gasteiger partial charge on any atom is 0.416 e. The van der Waals surface area contributed by atoms with E-state index in [9.17, 15) is 18.0 Å². The highest BCUT2D eigenvalue weighted by molar-refractivity contribution is 5.93. The Balaban J connectivity index is 2.28. The lowest BCUT2D eigenvalue weighted by Gasteiger charge is -2.09. The van der Waals surface area contributed by atoms with Gasteiger partial charge in [0.15, 0.2) is 5.69 Å².